The first-order chi connectivity index (χ1) is 32.5. The maximum atomic E-state index is 12.7. The molecule has 0 amide bonds. The van der Waals surface area contributed by atoms with Crippen LogP contribution < -0.4 is 0 Å². The molecule has 0 radical (unpaired) electrons. The lowest BCUT2D eigenvalue weighted by atomic mass is 10.0. The number of rotatable bonds is 55. The van der Waals surface area contributed by atoms with Gasteiger partial charge in [0.2, 0.25) is 0 Å². The molecule has 0 fully saturated rings. The lowest BCUT2D eigenvalue weighted by Crippen LogP contribution is -2.30. The summed E-state index contributed by atoms with van der Waals surface area (Å²) in [6.07, 6.45) is 64.2. The van der Waals surface area contributed by atoms with Crippen LogP contribution in [-0.2, 0) is 28.6 Å². The van der Waals surface area contributed by atoms with Crippen molar-refractivity contribution in [2.45, 2.75) is 341 Å². The number of carbonyl (C=O) groups is 3. The van der Waals surface area contributed by atoms with E-state index in [-0.39, 0.29) is 31.1 Å². The number of allylic oxidation sites excluding steroid dienone is 2. The molecule has 390 valence electrons. The Morgan fingerprint density at radius 1 is 0.288 bits per heavy atom. The predicted molar refractivity (Wildman–Crippen MR) is 284 cm³/mol. The second kappa shape index (κ2) is 55.7. The van der Waals surface area contributed by atoms with Gasteiger partial charge in [-0.3, -0.25) is 14.4 Å². The van der Waals surface area contributed by atoms with E-state index in [2.05, 4.69) is 32.9 Å². The minimum absolute atomic E-state index is 0.0692. The third-order valence-electron chi connectivity index (χ3n) is 13.5. The molecular formula is C60H114O6. The summed E-state index contributed by atoms with van der Waals surface area (Å²) >= 11 is 0. The molecule has 0 aromatic heterocycles. The van der Waals surface area contributed by atoms with Crippen LogP contribution in [0.2, 0.25) is 0 Å². The fourth-order valence-corrected chi connectivity index (χ4v) is 9.02. The van der Waals surface area contributed by atoms with Gasteiger partial charge in [0, 0.05) is 19.3 Å². The number of unbranched alkanes of at least 4 members (excludes halogenated alkanes) is 42. The summed E-state index contributed by atoms with van der Waals surface area (Å²) in [4.78, 5) is 37.7. The van der Waals surface area contributed by atoms with Gasteiger partial charge in [-0.05, 0) is 38.5 Å². The van der Waals surface area contributed by atoms with Gasteiger partial charge in [-0.25, -0.2) is 0 Å². The first-order valence-electron chi connectivity index (χ1n) is 29.7. The van der Waals surface area contributed by atoms with Gasteiger partial charge in [0.1, 0.15) is 13.2 Å². The summed E-state index contributed by atoms with van der Waals surface area (Å²) < 4.78 is 16.7. The second-order valence-electron chi connectivity index (χ2n) is 20.3. The number of esters is 3. The SMILES string of the molecule is CCCC/C=C\CCCCCCCC(=O)OC(COC(=O)CCCCCCCC)COC(=O)CCCCCCCCCCCCCCCCCCCCCCCCCCCCCCCCC. The van der Waals surface area contributed by atoms with Gasteiger partial charge in [-0.1, -0.05) is 290 Å². The van der Waals surface area contributed by atoms with E-state index in [0.29, 0.717) is 19.3 Å². The van der Waals surface area contributed by atoms with Crippen LogP contribution >= 0.6 is 0 Å². The molecule has 0 aliphatic rings. The van der Waals surface area contributed by atoms with Crippen LogP contribution in [0.5, 0.6) is 0 Å². The summed E-state index contributed by atoms with van der Waals surface area (Å²) in [5.41, 5.74) is 0. The van der Waals surface area contributed by atoms with Gasteiger partial charge >= 0.3 is 17.9 Å². The Bertz CT molecular complexity index is 1020. The third kappa shape index (κ3) is 53.1. The van der Waals surface area contributed by atoms with Gasteiger partial charge in [-0.15, -0.1) is 0 Å². The van der Waals surface area contributed by atoms with Crippen molar-refractivity contribution in [1.29, 1.82) is 0 Å². The van der Waals surface area contributed by atoms with Crippen molar-refractivity contribution < 1.29 is 28.6 Å². The highest BCUT2D eigenvalue weighted by atomic mass is 16.6. The lowest BCUT2D eigenvalue weighted by molar-refractivity contribution is -0.167. The largest absolute Gasteiger partial charge is 0.462 e. The van der Waals surface area contributed by atoms with Crippen LogP contribution in [0.15, 0.2) is 12.2 Å². The van der Waals surface area contributed by atoms with Crippen molar-refractivity contribution in [3.63, 3.8) is 0 Å². The molecule has 0 bridgehead atoms. The van der Waals surface area contributed by atoms with Crippen molar-refractivity contribution >= 4 is 17.9 Å². The molecule has 1 unspecified atom stereocenters. The number of hydrogen-bond acceptors (Lipinski definition) is 6. The number of carbonyl (C=O) groups excluding carboxylic acids is 3. The maximum absolute atomic E-state index is 12.7. The smallest absolute Gasteiger partial charge is 0.306 e. The van der Waals surface area contributed by atoms with Crippen LogP contribution in [0.25, 0.3) is 0 Å². The Balaban J connectivity index is 3.86. The molecule has 0 aromatic carbocycles. The minimum Gasteiger partial charge on any atom is -0.462 e. The summed E-state index contributed by atoms with van der Waals surface area (Å²) in [5, 5.41) is 0. The molecule has 66 heavy (non-hydrogen) atoms. The van der Waals surface area contributed by atoms with Crippen LogP contribution in [-0.4, -0.2) is 37.2 Å². The van der Waals surface area contributed by atoms with Crippen LogP contribution in [0.1, 0.15) is 335 Å². The first kappa shape index (κ1) is 64.2. The fourth-order valence-electron chi connectivity index (χ4n) is 9.02. The topological polar surface area (TPSA) is 78.9 Å². The van der Waals surface area contributed by atoms with E-state index >= 15 is 0 Å². The van der Waals surface area contributed by atoms with E-state index < -0.39 is 6.10 Å². The molecule has 0 aliphatic carbocycles. The van der Waals surface area contributed by atoms with Crippen molar-refractivity contribution in [1.82, 2.24) is 0 Å². The summed E-state index contributed by atoms with van der Waals surface area (Å²) in [5.74, 6) is -0.873. The quantitative estimate of drug-likeness (QED) is 0.0262. The standard InChI is InChI=1S/C60H114O6/c1-4-7-10-13-16-18-20-21-22-23-24-25-26-27-28-29-30-31-32-33-34-35-36-37-38-39-41-42-44-47-50-53-59(62)65-56-57(55-64-58(61)52-49-46-15-12-9-6-3)66-60(63)54-51-48-45-43-40-19-17-14-11-8-5-2/h14,17,57H,4-13,15-16,18-56H2,1-3H3/b17-14-. The average molecular weight is 932 g/mol. The maximum Gasteiger partial charge on any atom is 0.306 e. The molecule has 0 saturated heterocycles. The summed E-state index contributed by atoms with van der Waals surface area (Å²) in [6.45, 7) is 6.58. The molecule has 0 saturated carbocycles. The van der Waals surface area contributed by atoms with Gasteiger partial charge in [0.05, 0.1) is 0 Å². The second-order valence-corrected chi connectivity index (χ2v) is 20.3. The third-order valence-corrected chi connectivity index (χ3v) is 13.5. The van der Waals surface area contributed by atoms with Crippen molar-refractivity contribution in [3.8, 4) is 0 Å². The van der Waals surface area contributed by atoms with Gasteiger partial charge in [0.25, 0.3) is 0 Å². The molecule has 0 heterocycles. The predicted octanol–water partition coefficient (Wildman–Crippen LogP) is 19.7. The van der Waals surface area contributed by atoms with Crippen LogP contribution in [0.3, 0.4) is 0 Å². The molecule has 6 nitrogen and oxygen atoms in total. The van der Waals surface area contributed by atoms with E-state index in [1.807, 2.05) is 0 Å². The first-order valence-corrected chi connectivity index (χ1v) is 29.7. The van der Waals surface area contributed by atoms with Gasteiger partial charge in [0.15, 0.2) is 6.10 Å². The molecule has 6 heteroatoms. The molecule has 0 aliphatic heterocycles. The van der Waals surface area contributed by atoms with Crippen molar-refractivity contribution in [2.75, 3.05) is 13.2 Å². The van der Waals surface area contributed by atoms with Crippen LogP contribution in [0, 0.1) is 0 Å². The van der Waals surface area contributed by atoms with E-state index in [9.17, 15) is 14.4 Å². The van der Waals surface area contributed by atoms with E-state index in [0.717, 1.165) is 64.2 Å². The molecular weight excluding hydrogens is 817 g/mol. The van der Waals surface area contributed by atoms with Crippen molar-refractivity contribution in [3.05, 3.63) is 12.2 Å². The fraction of sp³-hybridized carbons (Fsp3) is 0.917. The van der Waals surface area contributed by atoms with Gasteiger partial charge in [-0.2, -0.15) is 0 Å². The van der Waals surface area contributed by atoms with Crippen LogP contribution in [0.4, 0.5) is 0 Å². The Morgan fingerprint density at radius 3 is 0.803 bits per heavy atom. The van der Waals surface area contributed by atoms with E-state index in [1.54, 1.807) is 0 Å². The molecule has 0 spiro atoms. The zero-order valence-corrected chi connectivity index (χ0v) is 44.7. The Hall–Kier alpha value is -1.85. The summed E-state index contributed by atoms with van der Waals surface area (Å²) in [7, 11) is 0. The van der Waals surface area contributed by atoms with E-state index in [4.69, 9.17) is 14.2 Å². The number of hydrogen-bond donors (Lipinski definition) is 0. The van der Waals surface area contributed by atoms with E-state index in [1.165, 1.54) is 231 Å². The average Bonchev–Trinajstić information content (AvgIpc) is 3.31. The molecule has 0 N–H and O–H groups in total. The van der Waals surface area contributed by atoms with Crippen molar-refractivity contribution in [2.24, 2.45) is 0 Å². The highest BCUT2D eigenvalue weighted by molar-refractivity contribution is 5.71. The monoisotopic (exact) mass is 931 g/mol. The normalized spacial score (nSPS) is 12.0. The molecule has 0 aromatic rings. The Labute approximate surface area is 411 Å². The van der Waals surface area contributed by atoms with Gasteiger partial charge < -0.3 is 14.2 Å². The number of ether oxygens (including phenoxy) is 3. The highest BCUT2D eigenvalue weighted by Gasteiger charge is 2.19. The highest BCUT2D eigenvalue weighted by Crippen LogP contribution is 2.18. The zero-order valence-electron chi connectivity index (χ0n) is 44.7. The summed E-state index contributed by atoms with van der Waals surface area (Å²) in [6, 6.07) is 0. The molecule has 1 atom stereocenters. The Morgan fingerprint density at radius 2 is 0.515 bits per heavy atom. The zero-order chi connectivity index (χ0) is 47.9. The molecule has 0 rings (SSSR count). The minimum atomic E-state index is -0.766. The Kier molecular flexibility index (Phi) is 54.2. The lowest BCUT2D eigenvalue weighted by Gasteiger charge is -2.18.